The molecular formula is C23H28ClN3O2. The molecule has 5 nitrogen and oxygen atoms in total. The molecule has 1 aliphatic rings. The number of hydrogen-bond acceptors (Lipinski definition) is 3. The first-order valence-corrected chi connectivity index (χ1v) is 10.5. The highest BCUT2D eigenvalue weighted by atomic mass is 35.5. The second-order valence-corrected chi connectivity index (χ2v) is 7.91. The topological polar surface area (TPSA) is 52.7 Å². The van der Waals surface area contributed by atoms with Crippen molar-refractivity contribution in [2.45, 2.75) is 19.3 Å². The third-order valence-electron chi connectivity index (χ3n) is 5.41. The molecule has 2 amide bonds. The Morgan fingerprint density at radius 2 is 1.72 bits per heavy atom. The average molecular weight is 414 g/mol. The van der Waals surface area contributed by atoms with Gasteiger partial charge in [0.1, 0.15) is 0 Å². The van der Waals surface area contributed by atoms with E-state index in [1.807, 2.05) is 23.1 Å². The van der Waals surface area contributed by atoms with Crippen LogP contribution in [0.5, 0.6) is 0 Å². The van der Waals surface area contributed by atoms with Crippen LogP contribution in [0.1, 0.15) is 29.6 Å². The van der Waals surface area contributed by atoms with E-state index < -0.39 is 0 Å². The first kappa shape index (κ1) is 21.2. The monoisotopic (exact) mass is 413 g/mol. The molecule has 6 heteroatoms. The summed E-state index contributed by atoms with van der Waals surface area (Å²) in [6.07, 6.45) is 2.30. The molecule has 0 unspecified atom stereocenters. The van der Waals surface area contributed by atoms with Crippen LogP contribution in [-0.2, 0) is 4.79 Å². The highest BCUT2D eigenvalue weighted by Gasteiger charge is 2.27. The zero-order valence-electron chi connectivity index (χ0n) is 16.8. The number of para-hydroxylation sites is 1. The van der Waals surface area contributed by atoms with Crippen molar-refractivity contribution in [3.8, 4) is 0 Å². The summed E-state index contributed by atoms with van der Waals surface area (Å²) in [6, 6.07) is 17.2. The molecule has 0 spiro atoms. The van der Waals surface area contributed by atoms with E-state index in [1.165, 1.54) is 5.69 Å². The minimum atomic E-state index is -0.0175. The second-order valence-electron chi connectivity index (χ2n) is 7.48. The van der Waals surface area contributed by atoms with Gasteiger partial charge in [0.2, 0.25) is 5.91 Å². The molecule has 0 bridgehead atoms. The lowest BCUT2D eigenvalue weighted by molar-refractivity contribution is -0.126. The number of carbonyl (C=O) groups is 2. The summed E-state index contributed by atoms with van der Waals surface area (Å²) in [7, 11) is 2.06. The second kappa shape index (κ2) is 10.3. The number of carbonyl (C=O) groups excluding carboxylic acids is 2. The number of halogens is 1. The van der Waals surface area contributed by atoms with Gasteiger partial charge in [-0.1, -0.05) is 29.8 Å². The molecule has 1 fully saturated rings. The summed E-state index contributed by atoms with van der Waals surface area (Å²) in [4.78, 5) is 29.0. The number of nitrogens with one attached hydrogen (secondary N) is 1. The number of likely N-dealkylation sites (tertiary alicyclic amines) is 1. The van der Waals surface area contributed by atoms with E-state index in [0.29, 0.717) is 43.1 Å². The highest BCUT2D eigenvalue weighted by molar-refractivity contribution is 6.30. The Hall–Kier alpha value is -2.53. The quantitative estimate of drug-likeness (QED) is 0.702. The highest BCUT2D eigenvalue weighted by Crippen LogP contribution is 2.20. The molecular weight excluding hydrogens is 386 g/mol. The van der Waals surface area contributed by atoms with Crippen molar-refractivity contribution in [2.24, 2.45) is 5.92 Å². The number of amides is 2. The van der Waals surface area contributed by atoms with E-state index in [1.54, 1.807) is 24.3 Å². The Balaban J connectivity index is 1.36. The third-order valence-corrected chi connectivity index (χ3v) is 5.66. The van der Waals surface area contributed by atoms with Crippen molar-refractivity contribution in [1.29, 1.82) is 0 Å². The maximum Gasteiger partial charge on any atom is 0.253 e. The molecule has 1 N–H and O–H groups in total. The van der Waals surface area contributed by atoms with Crippen molar-refractivity contribution in [3.63, 3.8) is 0 Å². The van der Waals surface area contributed by atoms with Gasteiger partial charge in [0.25, 0.3) is 5.91 Å². The van der Waals surface area contributed by atoms with Gasteiger partial charge in [-0.05, 0) is 55.7 Å². The molecule has 1 aliphatic heterocycles. The number of hydrogen-bond donors (Lipinski definition) is 1. The molecule has 0 saturated carbocycles. The van der Waals surface area contributed by atoms with E-state index in [4.69, 9.17) is 11.6 Å². The van der Waals surface area contributed by atoms with Crippen LogP contribution >= 0.6 is 11.6 Å². The fraction of sp³-hybridized carbons (Fsp3) is 0.391. The Bertz CT molecular complexity index is 803. The lowest BCUT2D eigenvalue weighted by Crippen LogP contribution is -2.43. The summed E-state index contributed by atoms with van der Waals surface area (Å²) in [5.74, 6) is 0.0894. The Morgan fingerprint density at radius 3 is 2.38 bits per heavy atom. The Morgan fingerprint density at radius 1 is 1.07 bits per heavy atom. The molecule has 29 heavy (non-hydrogen) atoms. The minimum absolute atomic E-state index is 0.00414. The molecule has 0 atom stereocenters. The van der Waals surface area contributed by atoms with Crippen molar-refractivity contribution in [1.82, 2.24) is 10.2 Å². The lowest BCUT2D eigenvalue weighted by atomic mass is 9.95. The fourth-order valence-electron chi connectivity index (χ4n) is 3.60. The van der Waals surface area contributed by atoms with Crippen LogP contribution in [-0.4, -0.2) is 49.9 Å². The van der Waals surface area contributed by atoms with Gasteiger partial charge in [-0.2, -0.15) is 0 Å². The number of piperidine rings is 1. The van der Waals surface area contributed by atoms with E-state index in [9.17, 15) is 9.59 Å². The average Bonchev–Trinajstić information content (AvgIpc) is 2.77. The Kier molecular flexibility index (Phi) is 7.53. The first-order valence-electron chi connectivity index (χ1n) is 10.1. The van der Waals surface area contributed by atoms with E-state index in [-0.39, 0.29) is 17.7 Å². The van der Waals surface area contributed by atoms with Crippen LogP contribution in [0.15, 0.2) is 54.6 Å². The molecule has 2 aromatic rings. The van der Waals surface area contributed by atoms with Gasteiger partial charge in [0, 0.05) is 55.4 Å². The van der Waals surface area contributed by atoms with Crippen molar-refractivity contribution >= 4 is 29.1 Å². The maximum absolute atomic E-state index is 12.6. The zero-order chi connectivity index (χ0) is 20.6. The Labute approximate surface area is 177 Å². The third kappa shape index (κ3) is 5.97. The summed E-state index contributed by atoms with van der Waals surface area (Å²) in [5.41, 5.74) is 1.82. The number of benzene rings is 2. The number of rotatable bonds is 7. The van der Waals surface area contributed by atoms with E-state index in [0.717, 1.165) is 13.0 Å². The largest absolute Gasteiger partial charge is 0.375 e. The molecule has 0 aromatic heterocycles. The van der Waals surface area contributed by atoms with Gasteiger partial charge in [0.05, 0.1) is 0 Å². The zero-order valence-corrected chi connectivity index (χ0v) is 17.6. The van der Waals surface area contributed by atoms with Gasteiger partial charge >= 0.3 is 0 Å². The van der Waals surface area contributed by atoms with Gasteiger partial charge < -0.3 is 15.1 Å². The van der Waals surface area contributed by atoms with Crippen LogP contribution in [0.2, 0.25) is 5.02 Å². The van der Waals surface area contributed by atoms with Crippen molar-refractivity contribution < 1.29 is 9.59 Å². The lowest BCUT2D eigenvalue weighted by Gasteiger charge is -2.31. The predicted molar refractivity (Wildman–Crippen MR) is 117 cm³/mol. The summed E-state index contributed by atoms with van der Waals surface area (Å²) >= 11 is 5.88. The van der Waals surface area contributed by atoms with Gasteiger partial charge in [-0.25, -0.2) is 0 Å². The molecule has 1 saturated heterocycles. The summed E-state index contributed by atoms with van der Waals surface area (Å²) < 4.78 is 0. The van der Waals surface area contributed by atoms with Gasteiger partial charge in [-0.15, -0.1) is 0 Å². The molecule has 0 radical (unpaired) electrons. The van der Waals surface area contributed by atoms with Crippen LogP contribution < -0.4 is 10.2 Å². The summed E-state index contributed by atoms with van der Waals surface area (Å²) in [6.45, 7) is 2.77. The summed E-state index contributed by atoms with van der Waals surface area (Å²) in [5, 5.41) is 3.67. The molecule has 1 heterocycles. The fourth-order valence-corrected chi connectivity index (χ4v) is 3.73. The first-order chi connectivity index (χ1) is 14.0. The van der Waals surface area contributed by atoms with Crippen molar-refractivity contribution in [3.05, 3.63) is 65.2 Å². The van der Waals surface area contributed by atoms with Gasteiger partial charge in [-0.3, -0.25) is 9.59 Å². The van der Waals surface area contributed by atoms with E-state index >= 15 is 0 Å². The minimum Gasteiger partial charge on any atom is -0.375 e. The molecule has 3 rings (SSSR count). The molecule has 2 aromatic carbocycles. The van der Waals surface area contributed by atoms with Gasteiger partial charge in [0.15, 0.2) is 0 Å². The molecule has 0 aliphatic carbocycles. The number of anilines is 1. The van der Waals surface area contributed by atoms with Crippen LogP contribution in [0.25, 0.3) is 0 Å². The van der Waals surface area contributed by atoms with Crippen molar-refractivity contribution in [2.75, 3.05) is 38.1 Å². The van der Waals surface area contributed by atoms with Crippen LogP contribution in [0.4, 0.5) is 5.69 Å². The standard InChI is InChI=1S/C23H28ClN3O2/c1-26(21-6-3-2-4-7-21)15-5-14-25-22(28)18-12-16-27(17-13-18)23(29)19-8-10-20(24)11-9-19/h2-4,6-11,18H,5,12-17H2,1H3,(H,25,28). The smallest absolute Gasteiger partial charge is 0.253 e. The normalized spacial score (nSPS) is 14.5. The maximum atomic E-state index is 12.6. The van der Waals surface area contributed by atoms with E-state index in [2.05, 4.69) is 29.4 Å². The predicted octanol–water partition coefficient (Wildman–Crippen LogP) is 3.83. The van der Waals surface area contributed by atoms with Crippen LogP contribution in [0.3, 0.4) is 0 Å². The SMILES string of the molecule is CN(CCCNC(=O)C1CCN(C(=O)c2ccc(Cl)cc2)CC1)c1ccccc1. The van der Waals surface area contributed by atoms with Crippen LogP contribution in [0, 0.1) is 5.92 Å². The molecule has 154 valence electrons. The number of nitrogens with zero attached hydrogens (tertiary/aromatic N) is 2.